The number of hydrogen-bond donors (Lipinski definition) is 1. The number of morpholine rings is 1. The maximum Gasteiger partial charge on any atom is 0.241 e. The molecule has 2 aromatic carbocycles. The molecule has 3 heterocycles. The molecular formula is C27H33N5O3. The van der Waals surface area contributed by atoms with Gasteiger partial charge >= 0.3 is 0 Å². The number of nitrogens with zero attached hydrogens (tertiary/aromatic N) is 4. The van der Waals surface area contributed by atoms with E-state index in [1.54, 1.807) is 0 Å². The number of aromatic nitrogens is 2. The van der Waals surface area contributed by atoms with Gasteiger partial charge < -0.3 is 19.5 Å². The number of aryl methyl sites for hydroxylation is 1. The summed E-state index contributed by atoms with van der Waals surface area (Å²) in [4.78, 5) is 21.9. The number of anilines is 1. The van der Waals surface area contributed by atoms with E-state index in [1.165, 1.54) is 11.3 Å². The highest BCUT2D eigenvalue weighted by Crippen LogP contribution is 2.21. The van der Waals surface area contributed by atoms with Crippen molar-refractivity contribution in [3.63, 3.8) is 0 Å². The van der Waals surface area contributed by atoms with Crippen LogP contribution < -0.4 is 10.2 Å². The molecule has 2 saturated heterocycles. The van der Waals surface area contributed by atoms with Crippen LogP contribution in [0.2, 0.25) is 0 Å². The second-order valence-electron chi connectivity index (χ2n) is 9.41. The second kappa shape index (κ2) is 11.0. The zero-order chi connectivity index (χ0) is 24.0. The number of ether oxygens (including phenoxy) is 1. The number of nitrogens with one attached hydrogen (secondary N) is 1. The van der Waals surface area contributed by atoms with Crippen molar-refractivity contribution in [3.05, 3.63) is 65.5 Å². The van der Waals surface area contributed by atoms with E-state index in [0.29, 0.717) is 24.8 Å². The van der Waals surface area contributed by atoms with E-state index in [2.05, 4.69) is 56.4 Å². The van der Waals surface area contributed by atoms with E-state index in [4.69, 9.17) is 9.26 Å². The van der Waals surface area contributed by atoms with Gasteiger partial charge in [-0.1, -0.05) is 47.1 Å². The van der Waals surface area contributed by atoms with E-state index < -0.39 is 0 Å². The standard InChI is InChI=1S/C27H33N5O3/c1-20-2-6-22(7-3-20)26-29-25(35-30-26)19-31-12-10-23(11-13-31)27(33)28-18-21-4-8-24(9-5-21)32-14-16-34-17-15-32/h2-9,23H,10-19H2,1H3,(H,28,33). The Labute approximate surface area is 206 Å². The summed E-state index contributed by atoms with van der Waals surface area (Å²) < 4.78 is 10.9. The number of amides is 1. The number of piperidine rings is 1. The topological polar surface area (TPSA) is 83.7 Å². The highest BCUT2D eigenvalue weighted by atomic mass is 16.5. The summed E-state index contributed by atoms with van der Waals surface area (Å²) in [6, 6.07) is 16.6. The molecule has 0 unspecified atom stereocenters. The minimum Gasteiger partial charge on any atom is -0.378 e. The number of benzene rings is 2. The van der Waals surface area contributed by atoms with Crippen LogP contribution in [-0.2, 0) is 22.6 Å². The molecule has 2 aliphatic heterocycles. The molecule has 0 aliphatic carbocycles. The third-order valence-corrected chi connectivity index (χ3v) is 6.87. The predicted octanol–water partition coefficient (Wildman–Crippen LogP) is 3.41. The molecule has 184 valence electrons. The molecule has 5 rings (SSSR count). The van der Waals surface area contributed by atoms with Gasteiger partial charge in [0.15, 0.2) is 0 Å². The normalized spacial score (nSPS) is 17.5. The lowest BCUT2D eigenvalue weighted by Gasteiger charge is -2.30. The highest BCUT2D eigenvalue weighted by molar-refractivity contribution is 5.78. The molecule has 1 aromatic heterocycles. The van der Waals surface area contributed by atoms with Crippen LogP contribution in [0.15, 0.2) is 53.1 Å². The van der Waals surface area contributed by atoms with Crippen LogP contribution in [0.3, 0.4) is 0 Å². The molecule has 0 radical (unpaired) electrons. The Hall–Kier alpha value is -3.23. The predicted molar refractivity (Wildman–Crippen MR) is 134 cm³/mol. The lowest BCUT2D eigenvalue weighted by atomic mass is 9.96. The van der Waals surface area contributed by atoms with Gasteiger partial charge in [-0.3, -0.25) is 9.69 Å². The van der Waals surface area contributed by atoms with E-state index in [1.807, 2.05) is 24.3 Å². The van der Waals surface area contributed by atoms with Gasteiger partial charge in [-0.05, 0) is 50.6 Å². The van der Waals surface area contributed by atoms with E-state index in [-0.39, 0.29) is 11.8 Å². The number of carbonyl (C=O) groups is 1. The first-order chi connectivity index (χ1) is 17.1. The van der Waals surface area contributed by atoms with Gasteiger partial charge in [-0.15, -0.1) is 0 Å². The fourth-order valence-corrected chi connectivity index (χ4v) is 4.66. The molecule has 1 N–H and O–H groups in total. The summed E-state index contributed by atoms with van der Waals surface area (Å²) in [5, 5.41) is 7.25. The van der Waals surface area contributed by atoms with Crippen molar-refractivity contribution >= 4 is 11.6 Å². The Morgan fingerprint density at radius 1 is 1.00 bits per heavy atom. The Kier molecular flexibility index (Phi) is 7.39. The summed E-state index contributed by atoms with van der Waals surface area (Å²) in [6.45, 7) is 8.32. The van der Waals surface area contributed by atoms with E-state index >= 15 is 0 Å². The SMILES string of the molecule is Cc1ccc(-c2noc(CN3CCC(C(=O)NCc4ccc(N5CCOCC5)cc4)CC3)n2)cc1. The first-order valence-electron chi connectivity index (χ1n) is 12.5. The fraction of sp³-hybridized carbons (Fsp3) is 0.444. The molecule has 2 fully saturated rings. The molecule has 0 atom stereocenters. The van der Waals surface area contributed by atoms with Crippen LogP contribution in [0.25, 0.3) is 11.4 Å². The maximum absolute atomic E-state index is 12.7. The van der Waals surface area contributed by atoms with Crippen molar-refractivity contribution < 1.29 is 14.1 Å². The zero-order valence-electron chi connectivity index (χ0n) is 20.3. The maximum atomic E-state index is 12.7. The van der Waals surface area contributed by atoms with Gasteiger partial charge in [0.25, 0.3) is 0 Å². The Morgan fingerprint density at radius 2 is 1.71 bits per heavy atom. The van der Waals surface area contributed by atoms with Gasteiger partial charge in [0.1, 0.15) is 0 Å². The monoisotopic (exact) mass is 475 g/mol. The molecule has 0 saturated carbocycles. The van der Waals surface area contributed by atoms with Gasteiger partial charge in [0, 0.05) is 36.8 Å². The lowest BCUT2D eigenvalue weighted by molar-refractivity contribution is -0.126. The Bertz CT molecular complexity index is 1100. The molecular weight excluding hydrogens is 442 g/mol. The average Bonchev–Trinajstić information content (AvgIpc) is 3.37. The minimum atomic E-state index is 0.0460. The fourth-order valence-electron chi connectivity index (χ4n) is 4.66. The van der Waals surface area contributed by atoms with Crippen molar-refractivity contribution in [1.82, 2.24) is 20.4 Å². The van der Waals surface area contributed by atoms with Crippen molar-refractivity contribution in [2.45, 2.75) is 32.9 Å². The summed E-state index contributed by atoms with van der Waals surface area (Å²) in [5.41, 5.74) is 4.49. The molecule has 3 aromatic rings. The number of hydrogen-bond acceptors (Lipinski definition) is 7. The first kappa shape index (κ1) is 23.5. The molecule has 0 spiro atoms. The van der Waals surface area contributed by atoms with Crippen molar-refractivity contribution in [3.8, 4) is 11.4 Å². The van der Waals surface area contributed by atoms with E-state index in [0.717, 1.165) is 63.4 Å². The van der Waals surface area contributed by atoms with Crippen molar-refractivity contribution in [2.75, 3.05) is 44.3 Å². The summed E-state index contributed by atoms with van der Waals surface area (Å²) >= 11 is 0. The average molecular weight is 476 g/mol. The molecule has 0 bridgehead atoms. The molecule has 8 nitrogen and oxygen atoms in total. The van der Waals surface area contributed by atoms with Crippen LogP contribution in [0.1, 0.15) is 29.9 Å². The van der Waals surface area contributed by atoms with Crippen LogP contribution in [-0.4, -0.2) is 60.3 Å². The third kappa shape index (κ3) is 6.07. The third-order valence-electron chi connectivity index (χ3n) is 6.87. The smallest absolute Gasteiger partial charge is 0.241 e. The zero-order valence-corrected chi connectivity index (χ0v) is 20.3. The summed E-state index contributed by atoms with van der Waals surface area (Å²) in [7, 11) is 0. The minimum absolute atomic E-state index is 0.0460. The quantitative estimate of drug-likeness (QED) is 0.561. The van der Waals surface area contributed by atoms with E-state index in [9.17, 15) is 4.79 Å². The lowest BCUT2D eigenvalue weighted by Crippen LogP contribution is -2.40. The summed E-state index contributed by atoms with van der Waals surface area (Å²) in [5.74, 6) is 1.42. The van der Waals surface area contributed by atoms with Gasteiger partial charge in [0.2, 0.25) is 17.6 Å². The van der Waals surface area contributed by atoms with Crippen molar-refractivity contribution in [1.29, 1.82) is 0 Å². The van der Waals surface area contributed by atoms with Crippen LogP contribution in [0.5, 0.6) is 0 Å². The molecule has 8 heteroatoms. The van der Waals surface area contributed by atoms with Gasteiger partial charge in [0.05, 0.1) is 19.8 Å². The number of likely N-dealkylation sites (tertiary alicyclic amines) is 1. The largest absolute Gasteiger partial charge is 0.378 e. The number of rotatable bonds is 7. The first-order valence-corrected chi connectivity index (χ1v) is 12.5. The van der Waals surface area contributed by atoms with Gasteiger partial charge in [-0.25, -0.2) is 0 Å². The number of carbonyl (C=O) groups excluding carboxylic acids is 1. The highest BCUT2D eigenvalue weighted by Gasteiger charge is 2.26. The van der Waals surface area contributed by atoms with Crippen molar-refractivity contribution in [2.24, 2.45) is 5.92 Å². The Balaban J connectivity index is 1.05. The van der Waals surface area contributed by atoms with Crippen LogP contribution >= 0.6 is 0 Å². The van der Waals surface area contributed by atoms with Gasteiger partial charge in [-0.2, -0.15) is 4.98 Å². The second-order valence-corrected chi connectivity index (χ2v) is 9.41. The molecule has 1 amide bonds. The molecule has 2 aliphatic rings. The Morgan fingerprint density at radius 3 is 2.43 bits per heavy atom. The van der Waals surface area contributed by atoms with Crippen LogP contribution in [0, 0.1) is 12.8 Å². The summed E-state index contributed by atoms with van der Waals surface area (Å²) in [6.07, 6.45) is 1.67. The van der Waals surface area contributed by atoms with Crippen LogP contribution in [0.4, 0.5) is 5.69 Å². The molecule has 35 heavy (non-hydrogen) atoms.